The first-order valence-electron chi connectivity index (χ1n) is 6.05. The van der Waals surface area contributed by atoms with E-state index >= 15 is 0 Å². The van der Waals surface area contributed by atoms with Crippen LogP contribution in [0.15, 0.2) is 6.20 Å². The Balaban J connectivity index is 2.69. The number of amides is 1. The lowest BCUT2D eigenvalue weighted by Crippen LogP contribution is -2.32. The molecule has 0 bridgehead atoms. The Kier molecular flexibility index (Phi) is 5.91. The molecule has 0 spiro atoms. The fourth-order valence-electron chi connectivity index (χ4n) is 1.53. The summed E-state index contributed by atoms with van der Waals surface area (Å²) < 4.78 is 10.9. The number of nitrogens with zero attached hydrogens (tertiary/aromatic N) is 3. The number of nitro groups is 1. The van der Waals surface area contributed by atoms with Gasteiger partial charge in [0, 0.05) is 20.3 Å². The van der Waals surface area contributed by atoms with Crippen molar-refractivity contribution >= 4 is 11.6 Å². The predicted molar refractivity (Wildman–Crippen MR) is 69.6 cm³/mol. The zero-order chi connectivity index (χ0) is 15.1. The molecule has 0 aliphatic rings. The molecule has 1 amide bonds. The largest absolute Gasteiger partial charge is 0.475 e. The number of methoxy groups -OCH3 is 2. The van der Waals surface area contributed by atoms with Gasteiger partial charge in [0.1, 0.15) is 12.2 Å². The topological polar surface area (TPSA) is 109 Å². The molecule has 0 aliphatic heterocycles. The molecule has 0 saturated heterocycles. The molecule has 0 aromatic carbocycles. The minimum Gasteiger partial charge on any atom is -0.475 e. The van der Waals surface area contributed by atoms with Gasteiger partial charge >= 0.3 is 11.6 Å². The van der Waals surface area contributed by atoms with Gasteiger partial charge in [0.25, 0.3) is 0 Å². The summed E-state index contributed by atoms with van der Waals surface area (Å²) >= 11 is 0. The van der Waals surface area contributed by atoms with E-state index in [2.05, 4.69) is 10.4 Å². The SMILES string of the molecule is COCCCNC(=O)C(C)n1cc([N+](=O)[O-])c(OC)n1. The Bertz CT molecular complexity index is 473. The number of aromatic nitrogens is 2. The molecule has 0 radical (unpaired) electrons. The first kappa shape index (κ1) is 15.9. The van der Waals surface area contributed by atoms with Crippen molar-refractivity contribution in [2.24, 2.45) is 0 Å². The van der Waals surface area contributed by atoms with Gasteiger partial charge in [-0.2, -0.15) is 0 Å². The van der Waals surface area contributed by atoms with E-state index in [1.165, 1.54) is 18.0 Å². The van der Waals surface area contributed by atoms with Crippen LogP contribution in [-0.4, -0.2) is 48.0 Å². The van der Waals surface area contributed by atoms with Crippen molar-refractivity contribution in [2.75, 3.05) is 27.4 Å². The van der Waals surface area contributed by atoms with Gasteiger partial charge in [0.15, 0.2) is 0 Å². The van der Waals surface area contributed by atoms with E-state index in [1.54, 1.807) is 14.0 Å². The molecule has 0 aliphatic carbocycles. The predicted octanol–water partition coefficient (Wildman–Crippen LogP) is 0.514. The van der Waals surface area contributed by atoms with E-state index in [1.807, 2.05) is 0 Å². The van der Waals surface area contributed by atoms with E-state index in [0.29, 0.717) is 19.6 Å². The van der Waals surface area contributed by atoms with Gasteiger partial charge in [-0.25, -0.2) is 4.68 Å². The zero-order valence-electron chi connectivity index (χ0n) is 11.7. The smallest absolute Gasteiger partial charge is 0.350 e. The maximum Gasteiger partial charge on any atom is 0.350 e. The summed E-state index contributed by atoms with van der Waals surface area (Å²) in [5.41, 5.74) is -0.272. The standard InChI is InChI=1S/C11H18N4O5/c1-8(10(16)12-5-4-6-19-2)14-7-9(15(17)18)11(13-14)20-3/h7-8H,4-6H2,1-3H3,(H,12,16). The van der Waals surface area contributed by atoms with Crippen molar-refractivity contribution in [1.29, 1.82) is 0 Å². The number of hydrogen-bond acceptors (Lipinski definition) is 6. The second kappa shape index (κ2) is 7.43. The Morgan fingerprint density at radius 3 is 2.80 bits per heavy atom. The molecule has 1 unspecified atom stereocenters. The molecule has 1 heterocycles. The maximum atomic E-state index is 11.9. The highest BCUT2D eigenvalue weighted by Crippen LogP contribution is 2.25. The summed E-state index contributed by atoms with van der Waals surface area (Å²) in [6, 6.07) is -0.667. The average molecular weight is 286 g/mol. The van der Waals surface area contributed by atoms with E-state index in [9.17, 15) is 14.9 Å². The Morgan fingerprint density at radius 2 is 2.30 bits per heavy atom. The fraction of sp³-hybridized carbons (Fsp3) is 0.636. The molecule has 9 nitrogen and oxygen atoms in total. The molecule has 1 atom stereocenters. The average Bonchev–Trinajstić information content (AvgIpc) is 2.86. The first-order valence-corrected chi connectivity index (χ1v) is 6.05. The number of hydrogen-bond donors (Lipinski definition) is 1. The van der Waals surface area contributed by atoms with E-state index in [0.717, 1.165) is 0 Å². The molecular weight excluding hydrogens is 268 g/mol. The van der Waals surface area contributed by atoms with Crippen LogP contribution in [0.1, 0.15) is 19.4 Å². The van der Waals surface area contributed by atoms with Crippen LogP contribution in [0.4, 0.5) is 5.69 Å². The molecule has 20 heavy (non-hydrogen) atoms. The van der Waals surface area contributed by atoms with Gasteiger partial charge in [0.2, 0.25) is 5.91 Å². The molecule has 112 valence electrons. The van der Waals surface area contributed by atoms with Crippen molar-refractivity contribution in [3.05, 3.63) is 16.3 Å². The number of ether oxygens (including phenoxy) is 2. The second-order valence-electron chi connectivity index (χ2n) is 4.07. The van der Waals surface area contributed by atoms with Crippen LogP contribution in [0, 0.1) is 10.1 Å². The van der Waals surface area contributed by atoms with Crippen LogP contribution in [0.25, 0.3) is 0 Å². The molecule has 1 N–H and O–H groups in total. The quantitative estimate of drug-likeness (QED) is 0.424. The van der Waals surface area contributed by atoms with Gasteiger partial charge in [-0.15, -0.1) is 5.10 Å². The van der Waals surface area contributed by atoms with Crippen molar-refractivity contribution < 1.29 is 19.2 Å². The third-order valence-corrected chi connectivity index (χ3v) is 2.67. The number of nitrogens with one attached hydrogen (secondary N) is 1. The Labute approximate surface area is 116 Å². The minimum absolute atomic E-state index is 0.117. The van der Waals surface area contributed by atoms with Crippen LogP contribution in [0.5, 0.6) is 5.88 Å². The summed E-state index contributed by atoms with van der Waals surface area (Å²) in [4.78, 5) is 22.0. The fourth-order valence-corrected chi connectivity index (χ4v) is 1.53. The normalized spacial score (nSPS) is 11.9. The van der Waals surface area contributed by atoms with Crippen molar-refractivity contribution in [1.82, 2.24) is 15.1 Å². The first-order chi connectivity index (χ1) is 9.51. The zero-order valence-corrected chi connectivity index (χ0v) is 11.7. The Morgan fingerprint density at radius 1 is 1.60 bits per heavy atom. The Hall–Kier alpha value is -2.16. The van der Waals surface area contributed by atoms with Gasteiger partial charge in [-0.1, -0.05) is 0 Å². The highest BCUT2D eigenvalue weighted by atomic mass is 16.6. The van der Waals surface area contributed by atoms with Crippen LogP contribution in [-0.2, 0) is 9.53 Å². The number of carbonyl (C=O) groups excluding carboxylic acids is 1. The van der Waals surface area contributed by atoms with Crippen LogP contribution in [0.3, 0.4) is 0 Å². The summed E-state index contributed by atoms with van der Waals surface area (Å²) in [7, 11) is 2.87. The lowest BCUT2D eigenvalue weighted by molar-refractivity contribution is -0.385. The van der Waals surface area contributed by atoms with Gasteiger partial charge < -0.3 is 14.8 Å². The highest BCUT2D eigenvalue weighted by Gasteiger charge is 2.24. The number of carbonyl (C=O) groups is 1. The highest BCUT2D eigenvalue weighted by molar-refractivity contribution is 5.79. The molecule has 0 fully saturated rings. The van der Waals surface area contributed by atoms with E-state index in [-0.39, 0.29) is 17.5 Å². The molecule has 1 aromatic rings. The molecule has 1 aromatic heterocycles. The van der Waals surface area contributed by atoms with Crippen LogP contribution >= 0.6 is 0 Å². The third-order valence-electron chi connectivity index (χ3n) is 2.67. The van der Waals surface area contributed by atoms with Crippen molar-refractivity contribution in [3.8, 4) is 5.88 Å². The molecular formula is C11H18N4O5. The third kappa shape index (κ3) is 3.92. The van der Waals surface area contributed by atoms with Gasteiger partial charge in [-0.3, -0.25) is 14.9 Å². The minimum atomic E-state index is -0.667. The van der Waals surface area contributed by atoms with Gasteiger partial charge in [0.05, 0.1) is 12.0 Å². The van der Waals surface area contributed by atoms with Crippen molar-refractivity contribution in [3.63, 3.8) is 0 Å². The second-order valence-corrected chi connectivity index (χ2v) is 4.07. The molecule has 0 saturated carbocycles. The number of rotatable bonds is 8. The molecule has 1 rings (SSSR count). The summed E-state index contributed by atoms with van der Waals surface area (Å²) in [6.45, 7) is 2.62. The maximum absolute atomic E-state index is 11.9. The van der Waals surface area contributed by atoms with Crippen LogP contribution < -0.4 is 10.1 Å². The van der Waals surface area contributed by atoms with E-state index in [4.69, 9.17) is 9.47 Å². The lowest BCUT2D eigenvalue weighted by Gasteiger charge is -2.11. The lowest BCUT2D eigenvalue weighted by atomic mass is 10.3. The monoisotopic (exact) mass is 286 g/mol. The van der Waals surface area contributed by atoms with E-state index < -0.39 is 11.0 Å². The summed E-state index contributed by atoms with van der Waals surface area (Å²) in [5, 5.41) is 17.4. The molecule has 9 heteroatoms. The summed E-state index contributed by atoms with van der Waals surface area (Å²) in [5.74, 6) is -0.393. The van der Waals surface area contributed by atoms with Gasteiger partial charge in [-0.05, 0) is 13.3 Å². The van der Waals surface area contributed by atoms with Crippen LogP contribution in [0.2, 0.25) is 0 Å². The van der Waals surface area contributed by atoms with Crippen molar-refractivity contribution in [2.45, 2.75) is 19.4 Å². The summed E-state index contributed by atoms with van der Waals surface area (Å²) in [6.07, 6.45) is 1.87.